The minimum absolute atomic E-state index is 0.276. The minimum atomic E-state index is -0.705. The first-order valence-electron chi connectivity index (χ1n) is 9.29. The molecular weight excluding hydrogens is 296 g/mol. The SMILES string of the molecule is CCC/C=C/C=C/CCCC/C=C/C=C/C=C/CCCCC(=O)O. The van der Waals surface area contributed by atoms with Crippen molar-refractivity contribution in [2.75, 3.05) is 0 Å². The van der Waals surface area contributed by atoms with Crippen LogP contribution in [0.1, 0.15) is 71.1 Å². The number of hydrogen-bond acceptors (Lipinski definition) is 1. The zero-order valence-electron chi connectivity index (χ0n) is 15.2. The largest absolute Gasteiger partial charge is 0.481 e. The molecule has 0 radical (unpaired) electrons. The molecule has 0 rings (SSSR count). The van der Waals surface area contributed by atoms with Gasteiger partial charge in [0.05, 0.1) is 0 Å². The standard InChI is InChI=1S/C22H34O2/c1-2-3-4-5-6-7-8-9-10-11-12-13-14-15-16-17-18-19-20-21-22(23)24/h4-7,12-17H,2-3,8-11,18-21H2,1H3,(H,23,24)/b5-4+,7-6+,13-12+,15-14+,17-16+. The Bertz CT molecular complexity index is 425. The van der Waals surface area contributed by atoms with Crippen LogP contribution < -0.4 is 0 Å². The van der Waals surface area contributed by atoms with E-state index < -0.39 is 5.97 Å². The molecule has 0 atom stereocenters. The lowest BCUT2D eigenvalue weighted by atomic mass is 10.1. The summed E-state index contributed by atoms with van der Waals surface area (Å²) < 4.78 is 0. The fraction of sp³-hybridized carbons (Fsp3) is 0.500. The van der Waals surface area contributed by atoms with Crippen molar-refractivity contribution in [3.63, 3.8) is 0 Å². The van der Waals surface area contributed by atoms with E-state index in [0.717, 1.165) is 32.1 Å². The average molecular weight is 331 g/mol. The molecule has 0 saturated carbocycles. The van der Waals surface area contributed by atoms with Crippen LogP contribution in [0, 0.1) is 0 Å². The first-order valence-corrected chi connectivity index (χ1v) is 9.29. The molecule has 0 aliphatic rings. The number of aliphatic carboxylic acids is 1. The Kier molecular flexibility index (Phi) is 17.8. The van der Waals surface area contributed by atoms with Gasteiger partial charge in [0.25, 0.3) is 0 Å². The van der Waals surface area contributed by atoms with Crippen LogP contribution in [-0.4, -0.2) is 11.1 Å². The summed E-state index contributed by atoms with van der Waals surface area (Å²) >= 11 is 0. The van der Waals surface area contributed by atoms with Crippen molar-refractivity contribution >= 4 is 5.97 Å². The topological polar surface area (TPSA) is 37.3 Å². The Hall–Kier alpha value is -1.83. The van der Waals surface area contributed by atoms with Crippen molar-refractivity contribution < 1.29 is 9.90 Å². The van der Waals surface area contributed by atoms with Gasteiger partial charge in [-0.3, -0.25) is 4.79 Å². The molecule has 0 amide bonds. The van der Waals surface area contributed by atoms with E-state index in [-0.39, 0.29) is 6.42 Å². The molecule has 0 bridgehead atoms. The van der Waals surface area contributed by atoms with Gasteiger partial charge in [-0.05, 0) is 51.4 Å². The van der Waals surface area contributed by atoms with Crippen LogP contribution in [0.15, 0.2) is 60.8 Å². The zero-order chi connectivity index (χ0) is 17.7. The van der Waals surface area contributed by atoms with Crippen molar-refractivity contribution in [2.24, 2.45) is 0 Å². The average Bonchev–Trinajstić information content (AvgIpc) is 2.56. The Morgan fingerprint density at radius 2 is 1.08 bits per heavy atom. The molecule has 0 aliphatic carbocycles. The van der Waals surface area contributed by atoms with E-state index in [1.807, 2.05) is 18.2 Å². The second-order valence-electron chi connectivity index (χ2n) is 5.81. The van der Waals surface area contributed by atoms with Gasteiger partial charge in [-0.25, -0.2) is 0 Å². The molecule has 0 unspecified atom stereocenters. The number of rotatable bonds is 15. The van der Waals surface area contributed by atoms with Crippen LogP contribution in [0.3, 0.4) is 0 Å². The van der Waals surface area contributed by atoms with Crippen molar-refractivity contribution in [1.82, 2.24) is 0 Å². The van der Waals surface area contributed by atoms with E-state index in [1.54, 1.807) is 0 Å². The van der Waals surface area contributed by atoms with E-state index in [1.165, 1.54) is 25.7 Å². The van der Waals surface area contributed by atoms with E-state index >= 15 is 0 Å². The van der Waals surface area contributed by atoms with Crippen LogP contribution in [0.5, 0.6) is 0 Å². The van der Waals surface area contributed by atoms with Crippen molar-refractivity contribution in [3.8, 4) is 0 Å². The molecule has 0 aliphatic heterocycles. The van der Waals surface area contributed by atoms with Crippen LogP contribution in [0.25, 0.3) is 0 Å². The first-order chi connectivity index (χ1) is 11.8. The highest BCUT2D eigenvalue weighted by Gasteiger charge is 1.93. The van der Waals surface area contributed by atoms with Crippen molar-refractivity contribution in [3.05, 3.63) is 60.8 Å². The summed E-state index contributed by atoms with van der Waals surface area (Å²) in [4.78, 5) is 10.3. The lowest BCUT2D eigenvalue weighted by molar-refractivity contribution is -0.137. The fourth-order valence-corrected chi connectivity index (χ4v) is 2.06. The number of allylic oxidation sites excluding steroid dienone is 10. The first kappa shape index (κ1) is 22.2. The molecule has 2 heteroatoms. The van der Waals surface area contributed by atoms with E-state index in [4.69, 9.17) is 5.11 Å². The maximum absolute atomic E-state index is 10.3. The van der Waals surface area contributed by atoms with Gasteiger partial charge in [-0.2, -0.15) is 0 Å². The quantitative estimate of drug-likeness (QED) is 0.265. The molecule has 0 aromatic carbocycles. The van der Waals surface area contributed by atoms with Gasteiger partial charge in [-0.15, -0.1) is 0 Å². The predicted octanol–water partition coefficient (Wildman–Crippen LogP) is 6.77. The minimum Gasteiger partial charge on any atom is -0.481 e. The third kappa shape index (κ3) is 20.2. The molecule has 0 heterocycles. The van der Waals surface area contributed by atoms with E-state index in [0.29, 0.717) is 0 Å². The number of carboxylic acids is 1. The second-order valence-corrected chi connectivity index (χ2v) is 5.81. The van der Waals surface area contributed by atoms with E-state index in [2.05, 4.69) is 49.5 Å². The monoisotopic (exact) mass is 330 g/mol. The predicted molar refractivity (Wildman–Crippen MR) is 105 cm³/mol. The third-order valence-electron chi connectivity index (χ3n) is 3.45. The highest BCUT2D eigenvalue weighted by molar-refractivity contribution is 5.66. The van der Waals surface area contributed by atoms with Crippen LogP contribution in [0.4, 0.5) is 0 Å². The summed E-state index contributed by atoms with van der Waals surface area (Å²) in [6.45, 7) is 2.19. The summed E-state index contributed by atoms with van der Waals surface area (Å²) in [6, 6.07) is 0. The summed E-state index contributed by atoms with van der Waals surface area (Å²) in [5, 5.41) is 8.51. The summed E-state index contributed by atoms with van der Waals surface area (Å²) in [7, 11) is 0. The maximum atomic E-state index is 10.3. The normalized spacial score (nSPS) is 12.7. The van der Waals surface area contributed by atoms with Crippen LogP contribution in [0.2, 0.25) is 0 Å². The highest BCUT2D eigenvalue weighted by Crippen LogP contribution is 2.03. The zero-order valence-corrected chi connectivity index (χ0v) is 15.2. The van der Waals surface area contributed by atoms with Gasteiger partial charge in [0, 0.05) is 6.42 Å². The van der Waals surface area contributed by atoms with E-state index in [9.17, 15) is 4.79 Å². The molecule has 0 saturated heterocycles. The third-order valence-corrected chi connectivity index (χ3v) is 3.45. The molecule has 0 aromatic heterocycles. The number of carbonyl (C=O) groups is 1. The molecule has 1 N–H and O–H groups in total. The number of unbranched alkanes of at least 4 members (excludes halogenated alkanes) is 6. The maximum Gasteiger partial charge on any atom is 0.303 e. The van der Waals surface area contributed by atoms with Crippen molar-refractivity contribution in [1.29, 1.82) is 0 Å². The molecule has 134 valence electrons. The molecular formula is C22H34O2. The Labute approximate surface area is 148 Å². The van der Waals surface area contributed by atoms with Gasteiger partial charge >= 0.3 is 5.97 Å². The molecule has 0 aromatic rings. The number of carboxylic acid groups (broad SMARTS) is 1. The van der Waals surface area contributed by atoms with Crippen molar-refractivity contribution in [2.45, 2.75) is 71.1 Å². The Morgan fingerprint density at radius 3 is 1.54 bits per heavy atom. The number of hydrogen-bond donors (Lipinski definition) is 1. The Balaban J connectivity index is 3.43. The van der Waals surface area contributed by atoms with Gasteiger partial charge < -0.3 is 5.11 Å². The van der Waals surface area contributed by atoms with Gasteiger partial charge in [-0.1, -0.05) is 74.1 Å². The van der Waals surface area contributed by atoms with Gasteiger partial charge in [0.15, 0.2) is 0 Å². The lowest BCUT2D eigenvalue weighted by Gasteiger charge is -1.92. The van der Waals surface area contributed by atoms with Gasteiger partial charge in [0.1, 0.15) is 0 Å². The van der Waals surface area contributed by atoms with Crippen LogP contribution >= 0.6 is 0 Å². The highest BCUT2D eigenvalue weighted by atomic mass is 16.4. The lowest BCUT2D eigenvalue weighted by Crippen LogP contribution is -1.92. The Morgan fingerprint density at radius 1 is 0.667 bits per heavy atom. The molecule has 24 heavy (non-hydrogen) atoms. The smallest absolute Gasteiger partial charge is 0.303 e. The second kappa shape index (κ2) is 19.2. The summed E-state index contributed by atoms with van der Waals surface area (Å²) in [5.74, 6) is -0.705. The molecule has 2 nitrogen and oxygen atoms in total. The fourth-order valence-electron chi connectivity index (χ4n) is 2.06. The molecule has 0 spiro atoms. The summed E-state index contributed by atoms with van der Waals surface area (Å²) in [6.07, 6.45) is 31.3. The summed E-state index contributed by atoms with van der Waals surface area (Å²) in [5.41, 5.74) is 0. The van der Waals surface area contributed by atoms with Gasteiger partial charge in [0.2, 0.25) is 0 Å². The molecule has 0 fully saturated rings. The van der Waals surface area contributed by atoms with Crippen LogP contribution in [-0.2, 0) is 4.79 Å².